The van der Waals surface area contributed by atoms with Gasteiger partial charge in [-0.15, -0.1) is 0 Å². The Morgan fingerprint density at radius 2 is 2.03 bits per heavy atom. The topological polar surface area (TPSA) is 54.0 Å². The van der Waals surface area contributed by atoms with Crippen LogP contribution in [0.5, 0.6) is 0 Å². The molecule has 0 saturated carbocycles. The summed E-state index contributed by atoms with van der Waals surface area (Å²) >= 11 is 8.32. The minimum absolute atomic E-state index is 0.195. The second kappa shape index (κ2) is 11.4. The molecule has 1 atom stereocenters. The highest BCUT2D eigenvalue weighted by molar-refractivity contribution is 8.00. The van der Waals surface area contributed by atoms with Gasteiger partial charge in [-0.05, 0) is 87.3 Å². The van der Waals surface area contributed by atoms with Crippen molar-refractivity contribution in [3.63, 3.8) is 0 Å². The first-order valence-corrected chi connectivity index (χ1v) is 13.4. The van der Waals surface area contributed by atoms with Crippen LogP contribution in [0.2, 0.25) is 5.02 Å². The maximum Gasteiger partial charge on any atom is 0.219 e. The smallest absolute Gasteiger partial charge is 0.219 e. The van der Waals surface area contributed by atoms with Crippen LogP contribution in [0.15, 0.2) is 18.2 Å². The van der Waals surface area contributed by atoms with Crippen molar-refractivity contribution in [1.82, 2.24) is 10.3 Å². The number of aryl methyl sites for hydroxylation is 1. The number of halogens is 1. The molecule has 2 aromatic rings. The van der Waals surface area contributed by atoms with Crippen molar-refractivity contribution < 1.29 is 4.79 Å². The van der Waals surface area contributed by atoms with E-state index in [1.807, 2.05) is 12.1 Å². The zero-order chi connectivity index (χ0) is 21.5. The predicted molar refractivity (Wildman–Crippen MR) is 133 cm³/mol. The molecule has 2 aliphatic rings. The first-order chi connectivity index (χ1) is 15.2. The molecule has 0 bridgehead atoms. The predicted octanol–water partition coefficient (Wildman–Crippen LogP) is 6.14. The summed E-state index contributed by atoms with van der Waals surface area (Å²) in [7, 11) is 0. The molecule has 1 unspecified atom stereocenters. The lowest BCUT2D eigenvalue weighted by molar-refractivity contribution is -0.121. The van der Waals surface area contributed by atoms with E-state index in [9.17, 15) is 4.79 Å². The Morgan fingerprint density at radius 1 is 1.13 bits per heavy atom. The summed E-state index contributed by atoms with van der Waals surface area (Å²) in [5.41, 5.74) is 4.77. The summed E-state index contributed by atoms with van der Waals surface area (Å²) in [6, 6.07) is 5.98. The Balaban J connectivity index is 1.22. The Labute approximate surface area is 195 Å². The minimum Gasteiger partial charge on any atom is -0.384 e. The van der Waals surface area contributed by atoms with Crippen LogP contribution in [0.1, 0.15) is 69.0 Å². The molecule has 1 fully saturated rings. The molecule has 1 aliphatic heterocycles. The molecule has 168 valence electrons. The molecule has 31 heavy (non-hydrogen) atoms. The largest absolute Gasteiger partial charge is 0.384 e. The number of benzene rings is 1. The Hall–Kier alpha value is -1.46. The zero-order valence-electron chi connectivity index (χ0n) is 18.4. The number of amides is 1. The summed E-state index contributed by atoms with van der Waals surface area (Å²) in [6.45, 7) is 1.56. The van der Waals surface area contributed by atoms with Gasteiger partial charge < -0.3 is 10.6 Å². The minimum atomic E-state index is 0.195. The highest BCUT2D eigenvalue weighted by Gasteiger charge is 2.18. The maximum atomic E-state index is 12.1. The SMILES string of the molecule is O=C(CCCCC1CCCS1)NCCCNc1c2c(nc3cc(Cl)ccc13)CCCC2. The lowest BCUT2D eigenvalue weighted by Gasteiger charge is -2.22. The lowest BCUT2D eigenvalue weighted by atomic mass is 9.92. The fraction of sp³-hybridized carbons (Fsp3) is 0.600. The van der Waals surface area contributed by atoms with Gasteiger partial charge in [-0.25, -0.2) is 0 Å². The van der Waals surface area contributed by atoms with Gasteiger partial charge in [0, 0.05) is 46.6 Å². The number of fused-ring (bicyclic) bond motifs is 2. The fourth-order valence-electron chi connectivity index (χ4n) is 4.75. The molecule has 0 radical (unpaired) electrons. The van der Waals surface area contributed by atoms with Crippen LogP contribution in [-0.2, 0) is 17.6 Å². The van der Waals surface area contributed by atoms with Crippen molar-refractivity contribution in [3.8, 4) is 0 Å². The van der Waals surface area contributed by atoms with E-state index in [1.54, 1.807) is 0 Å². The number of nitrogens with zero attached hydrogens (tertiary/aromatic N) is 1. The molecule has 6 heteroatoms. The Bertz CT molecular complexity index is 898. The lowest BCUT2D eigenvalue weighted by Crippen LogP contribution is -2.25. The zero-order valence-corrected chi connectivity index (χ0v) is 19.9. The maximum absolute atomic E-state index is 12.1. The van der Waals surface area contributed by atoms with Gasteiger partial charge in [0.1, 0.15) is 0 Å². The van der Waals surface area contributed by atoms with Gasteiger partial charge in [0.15, 0.2) is 0 Å². The second-order valence-corrected chi connectivity index (χ2v) is 10.6. The second-order valence-electron chi connectivity index (χ2n) is 8.79. The van der Waals surface area contributed by atoms with Gasteiger partial charge in [-0.3, -0.25) is 9.78 Å². The monoisotopic (exact) mass is 459 g/mol. The van der Waals surface area contributed by atoms with Gasteiger partial charge in [-0.2, -0.15) is 11.8 Å². The Kier molecular flexibility index (Phi) is 8.37. The number of thioether (sulfide) groups is 1. The first kappa shape index (κ1) is 22.7. The van der Waals surface area contributed by atoms with Gasteiger partial charge in [0.2, 0.25) is 5.91 Å². The normalized spacial score (nSPS) is 18.2. The van der Waals surface area contributed by atoms with E-state index in [2.05, 4.69) is 28.5 Å². The summed E-state index contributed by atoms with van der Waals surface area (Å²) in [5, 5.41) is 9.47. The summed E-state index contributed by atoms with van der Waals surface area (Å²) < 4.78 is 0. The molecule has 1 amide bonds. The number of aromatic nitrogens is 1. The number of carbonyl (C=O) groups is 1. The molecule has 4 rings (SSSR count). The fourth-order valence-corrected chi connectivity index (χ4v) is 6.25. The van der Waals surface area contributed by atoms with E-state index in [0.29, 0.717) is 6.42 Å². The van der Waals surface area contributed by atoms with Crippen LogP contribution in [0.3, 0.4) is 0 Å². The molecular formula is C25H34ClN3OS. The highest BCUT2D eigenvalue weighted by atomic mass is 35.5. The van der Waals surface area contributed by atoms with E-state index in [-0.39, 0.29) is 5.91 Å². The molecule has 1 saturated heterocycles. The number of carbonyl (C=O) groups excluding carboxylic acids is 1. The number of unbranched alkanes of at least 4 members (excludes halogenated alkanes) is 1. The van der Waals surface area contributed by atoms with Crippen LogP contribution in [0.4, 0.5) is 5.69 Å². The van der Waals surface area contributed by atoms with E-state index in [0.717, 1.165) is 59.9 Å². The molecule has 2 N–H and O–H groups in total. The average Bonchev–Trinajstić information content (AvgIpc) is 3.29. The van der Waals surface area contributed by atoms with Crippen molar-refractivity contribution in [2.45, 2.75) is 75.9 Å². The van der Waals surface area contributed by atoms with Crippen LogP contribution in [-0.4, -0.2) is 35.0 Å². The molecule has 0 spiro atoms. The molecule has 2 heterocycles. The number of rotatable bonds is 10. The molecule has 1 aromatic heterocycles. The molecule has 1 aliphatic carbocycles. The third-order valence-corrected chi connectivity index (χ3v) is 8.11. The summed E-state index contributed by atoms with van der Waals surface area (Å²) in [6.07, 6.45) is 12.3. The first-order valence-electron chi connectivity index (χ1n) is 11.9. The van der Waals surface area contributed by atoms with Crippen molar-refractivity contribution in [1.29, 1.82) is 0 Å². The molecule has 4 nitrogen and oxygen atoms in total. The van der Waals surface area contributed by atoms with Crippen LogP contribution in [0, 0.1) is 0 Å². The van der Waals surface area contributed by atoms with E-state index >= 15 is 0 Å². The number of pyridine rings is 1. The van der Waals surface area contributed by atoms with Crippen molar-refractivity contribution in [3.05, 3.63) is 34.5 Å². The van der Waals surface area contributed by atoms with Crippen molar-refractivity contribution >= 4 is 45.9 Å². The van der Waals surface area contributed by atoms with E-state index < -0.39 is 0 Å². The molecule has 1 aromatic carbocycles. The summed E-state index contributed by atoms with van der Waals surface area (Å²) in [5.74, 6) is 1.52. The summed E-state index contributed by atoms with van der Waals surface area (Å²) in [4.78, 5) is 17.0. The van der Waals surface area contributed by atoms with Crippen molar-refractivity contribution in [2.75, 3.05) is 24.2 Å². The number of nitrogens with one attached hydrogen (secondary N) is 2. The Morgan fingerprint density at radius 3 is 2.90 bits per heavy atom. The number of anilines is 1. The highest BCUT2D eigenvalue weighted by Crippen LogP contribution is 2.34. The van der Waals surface area contributed by atoms with Crippen LogP contribution >= 0.6 is 23.4 Å². The van der Waals surface area contributed by atoms with Gasteiger partial charge >= 0.3 is 0 Å². The van der Waals surface area contributed by atoms with Crippen LogP contribution < -0.4 is 10.6 Å². The third-order valence-electron chi connectivity index (χ3n) is 6.41. The van der Waals surface area contributed by atoms with Gasteiger partial charge in [0.25, 0.3) is 0 Å². The van der Waals surface area contributed by atoms with E-state index in [1.165, 1.54) is 61.2 Å². The van der Waals surface area contributed by atoms with Gasteiger partial charge in [-0.1, -0.05) is 18.0 Å². The van der Waals surface area contributed by atoms with E-state index in [4.69, 9.17) is 16.6 Å². The number of hydrogen-bond donors (Lipinski definition) is 2. The van der Waals surface area contributed by atoms with Crippen molar-refractivity contribution in [2.24, 2.45) is 0 Å². The molecular weight excluding hydrogens is 426 g/mol. The number of hydrogen-bond acceptors (Lipinski definition) is 4. The van der Waals surface area contributed by atoms with Crippen LogP contribution in [0.25, 0.3) is 10.9 Å². The van der Waals surface area contributed by atoms with Gasteiger partial charge in [0.05, 0.1) is 5.52 Å². The average molecular weight is 460 g/mol. The standard InChI is InChI=1S/C25H34ClN3OS/c26-18-12-13-21-23(17-18)29-22-10-3-2-9-20(22)25(21)28-15-6-14-27-24(30)11-4-1-7-19-8-5-16-31-19/h12-13,17,19H,1-11,14-16H2,(H,27,30)(H,28,29). The third kappa shape index (κ3) is 6.29. The quantitative estimate of drug-likeness (QED) is 0.419.